The van der Waals surface area contributed by atoms with Gasteiger partial charge >= 0.3 is 0 Å². The molecule has 3 aliphatic heterocycles. The van der Waals surface area contributed by atoms with Crippen molar-refractivity contribution in [3.05, 3.63) is 125 Å². The van der Waals surface area contributed by atoms with E-state index in [4.69, 9.17) is 14.2 Å². The molecule has 7 rings (SSSR count). The zero-order valence-corrected chi connectivity index (χ0v) is 24.4. The molecule has 0 bridgehead atoms. The second kappa shape index (κ2) is 10.4. The first kappa shape index (κ1) is 27.5. The summed E-state index contributed by atoms with van der Waals surface area (Å²) in [5.74, 6) is -0.677. The summed E-state index contributed by atoms with van der Waals surface area (Å²) < 4.78 is 16.4. The van der Waals surface area contributed by atoms with E-state index in [0.717, 1.165) is 11.1 Å². The molecule has 0 aromatic heterocycles. The Hall–Kier alpha value is -5.37. The number of carbonyl (C=O) groups is 3. The molecule has 0 saturated carbocycles. The van der Waals surface area contributed by atoms with Crippen molar-refractivity contribution < 1.29 is 28.6 Å². The standard InChI is InChI=1S/C36H30N2O6/c1-42-24-11-8-10-22(19-24)32(39)30-31(33(40)23-15-16-28(43-2)29(20-23)44-3)38-18-17-21-9-4-5-12-25(21)34(38)36(30)26-13-6-7-14-27(26)37-35(36)41/h4-20,30-31,34H,1-3H3,(H,37,41)/t30-,31+,34+,36+/m0/s1. The van der Waals surface area contributed by atoms with Crippen molar-refractivity contribution in [3.63, 3.8) is 0 Å². The van der Waals surface area contributed by atoms with Crippen molar-refractivity contribution in [3.8, 4) is 17.2 Å². The van der Waals surface area contributed by atoms with E-state index in [1.165, 1.54) is 21.3 Å². The topological polar surface area (TPSA) is 94.2 Å². The molecular formula is C36H30N2O6. The Morgan fingerprint density at radius 3 is 2.32 bits per heavy atom. The van der Waals surface area contributed by atoms with Crippen molar-refractivity contribution in [2.24, 2.45) is 5.92 Å². The van der Waals surface area contributed by atoms with Gasteiger partial charge in [-0.05, 0) is 59.2 Å². The van der Waals surface area contributed by atoms with Crippen LogP contribution in [0.4, 0.5) is 5.69 Å². The largest absolute Gasteiger partial charge is 0.497 e. The third kappa shape index (κ3) is 3.80. The van der Waals surface area contributed by atoms with Gasteiger partial charge in [-0.1, -0.05) is 54.6 Å². The van der Waals surface area contributed by atoms with E-state index in [0.29, 0.717) is 39.6 Å². The maximum atomic E-state index is 15.0. The number of methoxy groups -OCH3 is 3. The van der Waals surface area contributed by atoms with Crippen LogP contribution in [0.5, 0.6) is 17.2 Å². The fourth-order valence-electron chi connectivity index (χ4n) is 7.28. The summed E-state index contributed by atoms with van der Waals surface area (Å²) in [6.45, 7) is 0. The molecule has 1 N–H and O–H groups in total. The van der Waals surface area contributed by atoms with E-state index in [9.17, 15) is 14.4 Å². The number of amides is 1. The number of ketones is 2. The highest BCUT2D eigenvalue weighted by Gasteiger charge is 2.70. The van der Waals surface area contributed by atoms with Gasteiger partial charge in [-0.3, -0.25) is 14.4 Å². The molecule has 3 heterocycles. The lowest BCUT2D eigenvalue weighted by Crippen LogP contribution is -2.49. The molecule has 1 fully saturated rings. The second-order valence-corrected chi connectivity index (χ2v) is 11.1. The van der Waals surface area contributed by atoms with Gasteiger partial charge in [-0.25, -0.2) is 0 Å². The smallest absolute Gasteiger partial charge is 0.238 e. The molecule has 0 unspecified atom stereocenters. The maximum Gasteiger partial charge on any atom is 0.238 e. The molecule has 0 radical (unpaired) electrons. The first-order valence-electron chi connectivity index (χ1n) is 14.3. The predicted molar refractivity (Wildman–Crippen MR) is 165 cm³/mol. The molecule has 4 aromatic carbocycles. The molecule has 1 spiro atoms. The summed E-state index contributed by atoms with van der Waals surface area (Å²) in [7, 11) is 4.57. The summed E-state index contributed by atoms with van der Waals surface area (Å²) in [6, 6.07) is 25.4. The van der Waals surface area contributed by atoms with Crippen molar-refractivity contribution in [2.45, 2.75) is 17.5 Å². The number of hydrogen-bond acceptors (Lipinski definition) is 7. The average molecular weight is 587 g/mol. The minimum Gasteiger partial charge on any atom is -0.497 e. The van der Waals surface area contributed by atoms with Gasteiger partial charge in [0.2, 0.25) is 5.91 Å². The maximum absolute atomic E-state index is 15.0. The number of nitrogens with one attached hydrogen (secondary N) is 1. The Balaban J connectivity index is 1.52. The van der Waals surface area contributed by atoms with Gasteiger partial charge in [0, 0.05) is 23.0 Å². The van der Waals surface area contributed by atoms with Crippen LogP contribution in [0.25, 0.3) is 6.08 Å². The lowest BCUT2D eigenvalue weighted by atomic mass is 9.62. The third-order valence-electron chi connectivity index (χ3n) is 9.14. The molecule has 1 amide bonds. The van der Waals surface area contributed by atoms with Crippen LogP contribution in [0.15, 0.2) is 97.2 Å². The van der Waals surface area contributed by atoms with Crippen LogP contribution in [-0.4, -0.2) is 49.7 Å². The van der Waals surface area contributed by atoms with Crippen LogP contribution >= 0.6 is 0 Å². The van der Waals surface area contributed by atoms with Gasteiger partial charge in [-0.15, -0.1) is 0 Å². The fraction of sp³-hybridized carbons (Fsp3) is 0.194. The second-order valence-electron chi connectivity index (χ2n) is 11.1. The Morgan fingerprint density at radius 1 is 0.773 bits per heavy atom. The van der Waals surface area contributed by atoms with E-state index in [2.05, 4.69) is 5.32 Å². The lowest BCUT2D eigenvalue weighted by molar-refractivity contribution is -0.122. The van der Waals surface area contributed by atoms with Gasteiger partial charge in [0.25, 0.3) is 0 Å². The first-order valence-corrected chi connectivity index (χ1v) is 14.3. The molecular weight excluding hydrogens is 556 g/mol. The Labute approximate surface area is 254 Å². The third-order valence-corrected chi connectivity index (χ3v) is 9.14. The van der Waals surface area contributed by atoms with E-state index in [1.54, 1.807) is 42.5 Å². The molecule has 1 saturated heterocycles. The van der Waals surface area contributed by atoms with Crippen LogP contribution in [0, 0.1) is 5.92 Å². The average Bonchev–Trinajstić information content (AvgIpc) is 3.55. The van der Waals surface area contributed by atoms with Crippen molar-refractivity contribution in [2.75, 3.05) is 26.6 Å². The van der Waals surface area contributed by atoms with Crippen LogP contribution in [-0.2, 0) is 10.2 Å². The van der Waals surface area contributed by atoms with E-state index < -0.39 is 23.4 Å². The number of anilines is 1. The lowest BCUT2D eigenvalue weighted by Gasteiger charge is -2.38. The summed E-state index contributed by atoms with van der Waals surface area (Å²) in [5.41, 5.74) is 2.39. The highest BCUT2D eigenvalue weighted by molar-refractivity contribution is 6.16. The minimum atomic E-state index is -1.42. The summed E-state index contributed by atoms with van der Waals surface area (Å²) in [4.78, 5) is 46.3. The number of nitrogens with zero attached hydrogens (tertiary/aromatic N) is 1. The summed E-state index contributed by atoms with van der Waals surface area (Å²) >= 11 is 0. The Bertz CT molecular complexity index is 1870. The number of rotatable bonds is 7. The number of carbonyl (C=O) groups excluding carboxylic acids is 3. The number of para-hydroxylation sites is 1. The molecule has 0 aliphatic carbocycles. The van der Waals surface area contributed by atoms with Crippen LogP contribution in [0.1, 0.15) is 43.4 Å². The van der Waals surface area contributed by atoms with Crippen molar-refractivity contribution in [1.29, 1.82) is 0 Å². The van der Waals surface area contributed by atoms with Gasteiger partial charge in [0.05, 0.1) is 33.3 Å². The summed E-state index contributed by atoms with van der Waals surface area (Å²) in [6.07, 6.45) is 3.79. The summed E-state index contributed by atoms with van der Waals surface area (Å²) in [5, 5.41) is 3.07. The van der Waals surface area contributed by atoms with Crippen LogP contribution < -0.4 is 19.5 Å². The van der Waals surface area contributed by atoms with Gasteiger partial charge in [-0.2, -0.15) is 0 Å². The Kier molecular flexibility index (Phi) is 6.50. The molecule has 8 nitrogen and oxygen atoms in total. The van der Waals surface area contributed by atoms with E-state index in [-0.39, 0.29) is 17.5 Å². The molecule has 44 heavy (non-hydrogen) atoms. The first-order chi connectivity index (χ1) is 21.4. The number of fused-ring (bicyclic) bond motifs is 6. The van der Waals surface area contributed by atoms with E-state index >= 15 is 0 Å². The fourth-order valence-corrected chi connectivity index (χ4v) is 7.28. The van der Waals surface area contributed by atoms with E-state index in [1.807, 2.05) is 65.7 Å². The molecule has 220 valence electrons. The normalized spacial score (nSPS) is 22.6. The minimum absolute atomic E-state index is 0.310. The zero-order valence-electron chi connectivity index (χ0n) is 24.4. The molecule has 4 atom stereocenters. The number of Topliss-reactive ketones (excluding diaryl/α,β-unsaturated/α-hetero) is 2. The van der Waals surface area contributed by atoms with Crippen molar-refractivity contribution >= 4 is 29.2 Å². The van der Waals surface area contributed by atoms with Crippen LogP contribution in [0.3, 0.4) is 0 Å². The molecule has 4 aromatic rings. The van der Waals surface area contributed by atoms with Crippen molar-refractivity contribution in [1.82, 2.24) is 4.90 Å². The van der Waals surface area contributed by atoms with Gasteiger partial charge in [0.1, 0.15) is 17.2 Å². The quantitative estimate of drug-likeness (QED) is 0.278. The zero-order chi connectivity index (χ0) is 30.6. The molecule has 3 aliphatic rings. The molecule has 8 heteroatoms. The SMILES string of the molecule is COc1cccc(C(=O)[C@@H]2[C@H](C(=O)c3ccc(OC)c(OC)c3)N3C=Cc4ccccc4[C@@H]3[C@]23C(=O)Nc2ccccc23)c1. The monoisotopic (exact) mass is 586 g/mol. The Morgan fingerprint density at radius 2 is 1.52 bits per heavy atom. The van der Waals surface area contributed by atoms with Crippen LogP contribution in [0.2, 0.25) is 0 Å². The highest BCUT2D eigenvalue weighted by Crippen LogP contribution is 2.62. The predicted octanol–water partition coefficient (Wildman–Crippen LogP) is 5.69. The van der Waals surface area contributed by atoms with Gasteiger partial charge < -0.3 is 24.4 Å². The number of hydrogen-bond donors (Lipinski definition) is 1. The highest BCUT2D eigenvalue weighted by atomic mass is 16.5. The van der Waals surface area contributed by atoms with Gasteiger partial charge in [0.15, 0.2) is 23.1 Å². The number of benzene rings is 4. The number of ether oxygens (including phenoxy) is 3.